The molecule has 10 heteroatoms. The van der Waals surface area contributed by atoms with E-state index in [1.807, 2.05) is 0 Å². The number of fused-ring (bicyclic) bond motifs is 1. The number of rotatable bonds is 6. The van der Waals surface area contributed by atoms with Crippen molar-refractivity contribution < 1.29 is 29.0 Å². The van der Waals surface area contributed by atoms with E-state index in [2.05, 4.69) is 31.3 Å². The van der Waals surface area contributed by atoms with E-state index in [0.717, 1.165) is 4.47 Å². The molecule has 3 aromatic rings. The monoisotopic (exact) mass is 487 g/mol. The summed E-state index contributed by atoms with van der Waals surface area (Å²) in [6.45, 7) is -0.279. The molecule has 1 aromatic heterocycles. The number of methoxy groups -OCH3 is 1. The van der Waals surface area contributed by atoms with Gasteiger partial charge in [0.25, 0.3) is 5.91 Å². The lowest BCUT2D eigenvalue weighted by atomic mass is 9.90. The number of esters is 1. The Labute approximate surface area is 185 Å². The predicted molar refractivity (Wildman–Crippen MR) is 114 cm³/mol. The van der Waals surface area contributed by atoms with Gasteiger partial charge in [0, 0.05) is 21.4 Å². The SMILES string of the molecule is COC(=O)COc1ccc2c(O)n(CC3(c4ccc(Br)cc4)NC(=O)NC3=O)cc2c1. The summed E-state index contributed by atoms with van der Waals surface area (Å²) in [5.74, 6) is -0.677. The summed E-state index contributed by atoms with van der Waals surface area (Å²) in [6, 6.07) is 11.3. The third kappa shape index (κ3) is 3.81. The Morgan fingerprint density at radius 3 is 2.58 bits per heavy atom. The first-order chi connectivity index (χ1) is 14.8. The van der Waals surface area contributed by atoms with Crippen LogP contribution in [-0.4, -0.2) is 41.3 Å². The van der Waals surface area contributed by atoms with Gasteiger partial charge in [-0.2, -0.15) is 0 Å². The summed E-state index contributed by atoms with van der Waals surface area (Å²) in [4.78, 5) is 36.0. The second kappa shape index (κ2) is 7.95. The Balaban J connectivity index is 1.70. The first-order valence-electron chi connectivity index (χ1n) is 9.23. The van der Waals surface area contributed by atoms with Crippen molar-refractivity contribution in [2.75, 3.05) is 13.7 Å². The number of amides is 3. The van der Waals surface area contributed by atoms with Crippen molar-refractivity contribution in [2.45, 2.75) is 12.1 Å². The van der Waals surface area contributed by atoms with Gasteiger partial charge >= 0.3 is 12.0 Å². The van der Waals surface area contributed by atoms with E-state index >= 15 is 0 Å². The van der Waals surface area contributed by atoms with Gasteiger partial charge in [0.1, 0.15) is 5.75 Å². The molecule has 3 N–H and O–H groups in total. The lowest BCUT2D eigenvalue weighted by Crippen LogP contribution is -2.47. The number of aromatic hydroxyl groups is 1. The summed E-state index contributed by atoms with van der Waals surface area (Å²) in [6.07, 6.45) is 1.65. The van der Waals surface area contributed by atoms with Gasteiger partial charge in [-0.15, -0.1) is 0 Å². The van der Waals surface area contributed by atoms with Crippen molar-refractivity contribution in [1.29, 1.82) is 0 Å². The van der Waals surface area contributed by atoms with E-state index in [9.17, 15) is 19.5 Å². The standard InChI is InChI=1S/C21H18BrN3O6/c1-30-17(26)10-31-15-6-7-16-12(8-15)9-25(18(16)27)11-21(19(28)23-20(29)24-21)13-2-4-14(22)5-3-13/h2-9,27H,10-11H2,1H3,(H2,23,24,28,29). The van der Waals surface area contributed by atoms with Crippen LogP contribution in [0.15, 0.2) is 53.1 Å². The average molecular weight is 488 g/mol. The first-order valence-corrected chi connectivity index (χ1v) is 10.0. The lowest BCUT2D eigenvalue weighted by molar-refractivity contribution is -0.142. The van der Waals surface area contributed by atoms with Crippen molar-refractivity contribution in [2.24, 2.45) is 0 Å². The minimum absolute atomic E-state index is 0.0366. The number of urea groups is 1. The first kappa shape index (κ1) is 20.7. The van der Waals surface area contributed by atoms with Crippen molar-refractivity contribution >= 4 is 44.6 Å². The van der Waals surface area contributed by atoms with Crippen LogP contribution >= 0.6 is 15.9 Å². The molecule has 3 amide bonds. The predicted octanol–water partition coefficient (Wildman–Crippen LogP) is 2.40. The highest BCUT2D eigenvalue weighted by molar-refractivity contribution is 9.10. The molecule has 31 heavy (non-hydrogen) atoms. The number of ether oxygens (including phenoxy) is 2. The number of nitrogens with one attached hydrogen (secondary N) is 2. The highest BCUT2D eigenvalue weighted by Gasteiger charge is 2.48. The molecule has 4 rings (SSSR count). The Kier molecular flexibility index (Phi) is 5.32. The van der Waals surface area contributed by atoms with Gasteiger partial charge in [0.15, 0.2) is 18.0 Å². The second-order valence-electron chi connectivity index (χ2n) is 7.01. The topological polar surface area (TPSA) is 119 Å². The maximum atomic E-state index is 12.8. The van der Waals surface area contributed by atoms with Gasteiger partial charge in [0.05, 0.1) is 13.7 Å². The van der Waals surface area contributed by atoms with E-state index in [-0.39, 0.29) is 19.0 Å². The molecule has 1 unspecified atom stereocenters. The van der Waals surface area contributed by atoms with Crippen LogP contribution in [0.4, 0.5) is 4.79 Å². The molecule has 9 nitrogen and oxygen atoms in total. The molecule has 0 spiro atoms. The largest absolute Gasteiger partial charge is 0.494 e. The van der Waals surface area contributed by atoms with E-state index in [4.69, 9.17) is 4.74 Å². The number of carbonyl (C=O) groups is 3. The maximum Gasteiger partial charge on any atom is 0.343 e. The zero-order valence-electron chi connectivity index (χ0n) is 16.3. The Morgan fingerprint density at radius 2 is 1.94 bits per heavy atom. The molecule has 1 atom stereocenters. The van der Waals surface area contributed by atoms with Gasteiger partial charge in [-0.25, -0.2) is 9.59 Å². The normalized spacial score (nSPS) is 18.0. The number of nitrogens with zero attached hydrogens (tertiary/aromatic N) is 1. The Morgan fingerprint density at radius 1 is 1.19 bits per heavy atom. The molecule has 0 bridgehead atoms. The fraction of sp³-hybridized carbons (Fsp3) is 0.190. The Hall–Kier alpha value is -3.53. The van der Waals surface area contributed by atoms with Gasteiger partial charge < -0.3 is 24.5 Å². The third-order valence-electron chi connectivity index (χ3n) is 5.10. The van der Waals surface area contributed by atoms with Crippen molar-refractivity contribution in [3.63, 3.8) is 0 Å². The molecule has 160 valence electrons. The second-order valence-corrected chi connectivity index (χ2v) is 7.93. The van der Waals surface area contributed by atoms with Gasteiger partial charge in [-0.3, -0.25) is 10.1 Å². The van der Waals surface area contributed by atoms with E-state index in [1.165, 1.54) is 11.7 Å². The van der Waals surface area contributed by atoms with Crippen LogP contribution in [0.25, 0.3) is 10.8 Å². The van der Waals surface area contributed by atoms with Gasteiger partial charge in [-0.1, -0.05) is 28.1 Å². The van der Waals surface area contributed by atoms with Crippen LogP contribution in [0.5, 0.6) is 11.6 Å². The summed E-state index contributed by atoms with van der Waals surface area (Å²) in [5, 5.41) is 16.9. The fourth-order valence-electron chi connectivity index (χ4n) is 3.53. The lowest BCUT2D eigenvalue weighted by Gasteiger charge is -2.27. The number of hydrogen-bond acceptors (Lipinski definition) is 6. The van der Waals surface area contributed by atoms with Crippen LogP contribution in [0, 0.1) is 0 Å². The molecular weight excluding hydrogens is 470 g/mol. The van der Waals surface area contributed by atoms with E-state index in [0.29, 0.717) is 22.1 Å². The number of hydrogen-bond donors (Lipinski definition) is 3. The minimum atomic E-state index is -1.39. The van der Waals surface area contributed by atoms with Crippen LogP contribution in [-0.2, 0) is 26.4 Å². The number of imide groups is 1. The zero-order valence-corrected chi connectivity index (χ0v) is 17.9. The minimum Gasteiger partial charge on any atom is -0.494 e. The van der Waals surface area contributed by atoms with Crippen LogP contribution < -0.4 is 15.4 Å². The van der Waals surface area contributed by atoms with Crippen molar-refractivity contribution in [3.8, 4) is 11.6 Å². The van der Waals surface area contributed by atoms with Gasteiger partial charge in [-0.05, 0) is 35.9 Å². The number of aromatic nitrogens is 1. The molecule has 1 aliphatic rings. The van der Waals surface area contributed by atoms with Crippen molar-refractivity contribution in [1.82, 2.24) is 15.2 Å². The van der Waals surface area contributed by atoms with Gasteiger partial charge in [0.2, 0.25) is 0 Å². The van der Waals surface area contributed by atoms with Crippen LogP contribution in [0.1, 0.15) is 5.56 Å². The highest BCUT2D eigenvalue weighted by Crippen LogP contribution is 2.35. The summed E-state index contributed by atoms with van der Waals surface area (Å²) in [7, 11) is 1.27. The smallest absolute Gasteiger partial charge is 0.343 e. The molecule has 0 radical (unpaired) electrons. The molecule has 1 aliphatic heterocycles. The molecule has 0 saturated carbocycles. The highest BCUT2D eigenvalue weighted by atomic mass is 79.9. The summed E-state index contributed by atoms with van der Waals surface area (Å²) >= 11 is 3.36. The number of benzene rings is 2. The molecule has 0 aliphatic carbocycles. The fourth-order valence-corrected chi connectivity index (χ4v) is 3.80. The molecule has 1 fully saturated rings. The van der Waals surface area contributed by atoms with E-state index in [1.54, 1.807) is 48.7 Å². The Bertz CT molecular complexity index is 1190. The van der Waals surface area contributed by atoms with Crippen molar-refractivity contribution in [3.05, 3.63) is 58.7 Å². The number of halogens is 1. The quantitative estimate of drug-likeness (QED) is 0.362. The molecule has 2 heterocycles. The molecule has 2 aromatic carbocycles. The molecule has 1 saturated heterocycles. The summed E-state index contributed by atoms with van der Waals surface area (Å²) in [5.41, 5.74) is -0.826. The molecular formula is C21H18BrN3O6. The van der Waals surface area contributed by atoms with E-state index < -0.39 is 23.4 Å². The average Bonchev–Trinajstić information content (AvgIpc) is 3.22. The third-order valence-corrected chi connectivity index (χ3v) is 5.63. The van der Waals surface area contributed by atoms with Crippen LogP contribution in [0.2, 0.25) is 0 Å². The maximum absolute atomic E-state index is 12.8. The zero-order chi connectivity index (χ0) is 22.2. The number of carbonyl (C=O) groups excluding carboxylic acids is 3. The summed E-state index contributed by atoms with van der Waals surface area (Å²) < 4.78 is 12.3. The van der Waals surface area contributed by atoms with Crippen LogP contribution in [0.3, 0.4) is 0 Å².